The highest BCUT2D eigenvalue weighted by Gasteiger charge is 2.20. The summed E-state index contributed by atoms with van der Waals surface area (Å²) in [6.45, 7) is -2.96. The molecule has 0 atom stereocenters. The lowest BCUT2D eigenvalue weighted by Gasteiger charge is -2.09. The second-order valence-electron chi connectivity index (χ2n) is 6.17. The third kappa shape index (κ3) is 5.76. The summed E-state index contributed by atoms with van der Waals surface area (Å²) in [5, 5.41) is 13.4. The maximum atomic E-state index is 12.3. The molecule has 32 heavy (non-hydrogen) atoms. The molecule has 0 bridgehead atoms. The summed E-state index contributed by atoms with van der Waals surface area (Å²) in [6.07, 6.45) is 0. The van der Waals surface area contributed by atoms with Crippen LogP contribution in [0.25, 0.3) is 0 Å². The lowest BCUT2D eigenvalue weighted by Crippen LogP contribution is -2.13. The second kappa shape index (κ2) is 9.39. The van der Waals surface area contributed by atoms with Crippen LogP contribution in [0.15, 0.2) is 77.7 Å². The maximum Gasteiger partial charge on any atom is 0.387 e. The van der Waals surface area contributed by atoms with Crippen molar-refractivity contribution in [3.8, 4) is 11.5 Å². The molecule has 3 aromatic carbocycles. The molecular weight excluding hydrogens is 450 g/mol. The number of amides is 1. The lowest BCUT2D eigenvalue weighted by atomic mass is 10.2. The van der Waals surface area contributed by atoms with Crippen molar-refractivity contribution in [1.29, 1.82) is 0 Å². The molecule has 0 saturated carbocycles. The van der Waals surface area contributed by atoms with Crippen molar-refractivity contribution < 1.29 is 35.8 Å². The maximum absolute atomic E-state index is 12.3. The van der Waals surface area contributed by atoms with Crippen molar-refractivity contribution in [1.82, 2.24) is 0 Å². The highest BCUT2D eigenvalue weighted by molar-refractivity contribution is 7.87. The molecule has 0 fully saturated rings. The first-order valence-corrected chi connectivity index (χ1v) is 10.2. The molecule has 0 aliphatic heterocycles. The zero-order chi connectivity index (χ0) is 23.3. The van der Waals surface area contributed by atoms with Crippen LogP contribution in [0.1, 0.15) is 10.4 Å². The highest BCUT2D eigenvalue weighted by Crippen LogP contribution is 2.23. The minimum absolute atomic E-state index is 0.0653. The number of benzene rings is 3. The van der Waals surface area contributed by atoms with E-state index in [1.807, 2.05) is 0 Å². The minimum atomic E-state index is -4.33. The van der Waals surface area contributed by atoms with Gasteiger partial charge in [0.25, 0.3) is 11.6 Å². The zero-order valence-electron chi connectivity index (χ0n) is 16.0. The number of hydrogen-bond donors (Lipinski definition) is 1. The van der Waals surface area contributed by atoms with E-state index >= 15 is 0 Å². The predicted octanol–water partition coefficient (Wildman–Crippen LogP) is 4.22. The Morgan fingerprint density at radius 2 is 1.59 bits per heavy atom. The zero-order valence-corrected chi connectivity index (χ0v) is 16.8. The molecule has 12 heteroatoms. The lowest BCUT2D eigenvalue weighted by molar-refractivity contribution is -0.385. The minimum Gasteiger partial charge on any atom is -0.435 e. The molecule has 3 aromatic rings. The number of carbonyl (C=O) groups is 1. The number of halogens is 2. The molecule has 3 rings (SSSR count). The standard InChI is InChI=1S/C20H14F2N2O7S/c21-20(22)30-16-10-6-14(7-11-16)23-19(25)13-4-8-17(9-5-13)31-32(28,29)18-3-1-2-15(12-18)24(26)27/h1-12,20H,(H,23,25). The van der Waals surface area contributed by atoms with Gasteiger partial charge in [0.05, 0.1) is 4.92 Å². The number of non-ortho nitro benzene ring substituents is 1. The smallest absolute Gasteiger partial charge is 0.387 e. The Labute approximate surface area is 180 Å². The fourth-order valence-corrected chi connectivity index (χ4v) is 3.48. The van der Waals surface area contributed by atoms with Crippen molar-refractivity contribution in [3.63, 3.8) is 0 Å². The number of ether oxygens (including phenoxy) is 1. The van der Waals surface area contributed by atoms with Gasteiger partial charge in [-0.15, -0.1) is 0 Å². The number of alkyl halides is 2. The van der Waals surface area contributed by atoms with Gasteiger partial charge in [0.15, 0.2) is 0 Å². The summed E-state index contributed by atoms with van der Waals surface area (Å²) in [5.41, 5.74) is 0.0821. The molecule has 0 aromatic heterocycles. The van der Waals surface area contributed by atoms with Crippen LogP contribution >= 0.6 is 0 Å². The Bertz CT molecular complexity index is 1230. The van der Waals surface area contributed by atoms with Gasteiger partial charge in [-0.1, -0.05) is 6.07 Å². The van der Waals surface area contributed by atoms with Crippen LogP contribution in [-0.2, 0) is 10.1 Å². The van der Waals surface area contributed by atoms with Gasteiger partial charge in [-0.3, -0.25) is 14.9 Å². The number of carbonyl (C=O) groups excluding carboxylic acids is 1. The van der Waals surface area contributed by atoms with E-state index in [2.05, 4.69) is 10.1 Å². The summed E-state index contributed by atoms with van der Waals surface area (Å²) in [4.78, 5) is 22.0. The number of nitrogens with zero attached hydrogens (tertiary/aromatic N) is 1. The van der Waals surface area contributed by atoms with E-state index in [-0.39, 0.29) is 17.1 Å². The molecule has 0 aliphatic carbocycles. The molecule has 0 spiro atoms. The molecule has 0 heterocycles. The van der Waals surface area contributed by atoms with Crippen LogP contribution in [0.5, 0.6) is 11.5 Å². The summed E-state index contributed by atoms with van der Waals surface area (Å²) in [6, 6.07) is 14.7. The second-order valence-corrected chi connectivity index (χ2v) is 7.72. The summed E-state index contributed by atoms with van der Waals surface area (Å²) >= 11 is 0. The van der Waals surface area contributed by atoms with Crippen molar-refractivity contribution in [3.05, 3.63) is 88.5 Å². The third-order valence-electron chi connectivity index (χ3n) is 3.98. The average Bonchev–Trinajstić information content (AvgIpc) is 2.75. The molecule has 0 radical (unpaired) electrons. The van der Waals surface area contributed by atoms with Crippen molar-refractivity contribution in [2.45, 2.75) is 11.5 Å². The van der Waals surface area contributed by atoms with Crippen LogP contribution < -0.4 is 14.2 Å². The Kier molecular flexibility index (Phi) is 6.64. The normalized spacial score (nSPS) is 11.1. The first-order valence-electron chi connectivity index (χ1n) is 8.79. The van der Waals surface area contributed by atoms with Crippen molar-refractivity contribution in [2.24, 2.45) is 0 Å². The molecule has 166 valence electrons. The molecule has 0 unspecified atom stereocenters. The highest BCUT2D eigenvalue weighted by atomic mass is 32.2. The van der Waals surface area contributed by atoms with E-state index in [0.29, 0.717) is 5.69 Å². The van der Waals surface area contributed by atoms with E-state index in [1.54, 1.807) is 0 Å². The number of anilines is 1. The summed E-state index contributed by atoms with van der Waals surface area (Å²) in [5.74, 6) is -0.716. The first kappa shape index (κ1) is 22.6. The number of rotatable bonds is 8. The van der Waals surface area contributed by atoms with Crippen LogP contribution in [0.3, 0.4) is 0 Å². The van der Waals surface area contributed by atoms with Crippen LogP contribution in [0.2, 0.25) is 0 Å². The molecule has 0 saturated heterocycles. The third-order valence-corrected chi connectivity index (χ3v) is 5.22. The number of nitrogens with one attached hydrogen (secondary N) is 1. The summed E-state index contributed by atoms with van der Waals surface area (Å²) in [7, 11) is -4.33. The van der Waals surface area contributed by atoms with E-state index in [0.717, 1.165) is 18.2 Å². The largest absolute Gasteiger partial charge is 0.435 e. The van der Waals surface area contributed by atoms with Gasteiger partial charge >= 0.3 is 16.7 Å². The SMILES string of the molecule is O=C(Nc1ccc(OC(F)F)cc1)c1ccc(OS(=O)(=O)c2cccc([N+](=O)[O-])c2)cc1. The van der Waals surface area contributed by atoms with Gasteiger partial charge in [-0.25, -0.2) is 0 Å². The van der Waals surface area contributed by atoms with Gasteiger partial charge in [0.1, 0.15) is 16.4 Å². The van der Waals surface area contributed by atoms with E-state index in [1.165, 1.54) is 54.6 Å². The van der Waals surface area contributed by atoms with Gasteiger partial charge in [-0.2, -0.15) is 17.2 Å². The Hall–Kier alpha value is -4.06. The Balaban J connectivity index is 1.67. The number of nitro benzene ring substituents is 1. The van der Waals surface area contributed by atoms with Crippen LogP contribution in [-0.4, -0.2) is 25.9 Å². The number of hydrogen-bond acceptors (Lipinski definition) is 7. The number of nitro groups is 1. The van der Waals surface area contributed by atoms with Crippen LogP contribution in [0, 0.1) is 10.1 Å². The van der Waals surface area contributed by atoms with Crippen LogP contribution in [0.4, 0.5) is 20.2 Å². The Morgan fingerprint density at radius 3 is 2.19 bits per heavy atom. The summed E-state index contributed by atoms with van der Waals surface area (Å²) < 4.78 is 58.2. The average molecular weight is 464 g/mol. The van der Waals surface area contributed by atoms with E-state index < -0.39 is 38.1 Å². The predicted molar refractivity (Wildman–Crippen MR) is 108 cm³/mol. The molecule has 0 aliphatic rings. The molecule has 1 amide bonds. The fraction of sp³-hybridized carbons (Fsp3) is 0.0500. The monoisotopic (exact) mass is 464 g/mol. The first-order chi connectivity index (χ1) is 15.1. The van der Waals surface area contributed by atoms with Gasteiger partial charge in [0, 0.05) is 23.4 Å². The van der Waals surface area contributed by atoms with Crippen molar-refractivity contribution in [2.75, 3.05) is 5.32 Å². The van der Waals surface area contributed by atoms with E-state index in [9.17, 15) is 32.1 Å². The van der Waals surface area contributed by atoms with Gasteiger partial charge in [-0.05, 0) is 54.6 Å². The van der Waals surface area contributed by atoms with Crippen molar-refractivity contribution >= 4 is 27.4 Å². The quantitative estimate of drug-likeness (QED) is 0.301. The molecule has 9 nitrogen and oxygen atoms in total. The fourth-order valence-electron chi connectivity index (χ4n) is 2.51. The molecule has 1 N–H and O–H groups in total. The van der Waals surface area contributed by atoms with E-state index in [4.69, 9.17) is 4.18 Å². The molecular formula is C20H14F2N2O7S. The Morgan fingerprint density at radius 1 is 0.969 bits per heavy atom. The topological polar surface area (TPSA) is 125 Å². The van der Waals surface area contributed by atoms with Gasteiger partial charge < -0.3 is 14.2 Å². The van der Waals surface area contributed by atoms with Gasteiger partial charge in [0.2, 0.25) is 0 Å².